The van der Waals surface area contributed by atoms with E-state index in [0.29, 0.717) is 12.1 Å². The number of ether oxygens (including phenoxy) is 1. The summed E-state index contributed by atoms with van der Waals surface area (Å²) in [6.45, 7) is 4.35. The molecule has 152 valence electrons. The lowest BCUT2D eigenvalue weighted by atomic mass is 9.81. The zero-order chi connectivity index (χ0) is 20.5. The molecule has 1 aromatic carbocycles. The minimum absolute atomic E-state index is 0.0601. The van der Waals surface area contributed by atoms with Gasteiger partial charge in [0.25, 0.3) is 5.91 Å². The van der Waals surface area contributed by atoms with Gasteiger partial charge in [0.15, 0.2) is 0 Å². The number of nitrogens with zero attached hydrogens (tertiary/aromatic N) is 2. The van der Waals surface area contributed by atoms with Crippen LogP contribution >= 0.6 is 0 Å². The zero-order valence-electron chi connectivity index (χ0n) is 16.6. The standard InChI is InChI=1S/C22H25N3O4/c1-4-11-29-22(27)25-10-9-15-19(18-6-5-12-28-18)23-17-8-7-14(21(26)24(2)3)13-16(17)20(15)25/h4-8,12-13,15,19-20,23H,1,9-11H2,2-3H3. The molecule has 2 aromatic rings. The van der Waals surface area contributed by atoms with Crippen molar-refractivity contribution < 1.29 is 18.7 Å². The molecule has 1 saturated heterocycles. The van der Waals surface area contributed by atoms with Gasteiger partial charge in [0, 0.05) is 37.8 Å². The Morgan fingerprint density at radius 3 is 2.90 bits per heavy atom. The summed E-state index contributed by atoms with van der Waals surface area (Å²) in [6, 6.07) is 9.16. The van der Waals surface area contributed by atoms with Crippen LogP contribution in [0.25, 0.3) is 0 Å². The number of anilines is 1. The molecule has 0 radical (unpaired) electrons. The van der Waals surface area contributed by atoms with Crippen LogP contribution in [0.3, 0.4) is 0 Å². The van der Waals surface area contributed by atoms with Crippen LogP contribution < -0.4 is 5.32 Å². The molecule has 1 N–H and O–H groups in total. The Kier molecular flexibility index (Phi) is 5.05. The van der Waals surface area contributed by atoms with E-state index >= 15 is 0 Å². The first-order chi connectivity index (χ1) is 14.0. The van der Waals surface area contributed by atoms with E-state index in [9.17, 15) is 9.59 Å². The summed E-state index contributed by atoms with van der Waals surface area (Å²) in [7, 11) is 3.45. The van der Waals surface area contributed by atoms with Crippen LogP contribution in [-0.4, -0.2) is 49.0 Å². The average molecular weight is 395 g/mol. The average Bonchev–Trinajstić information content (AvgIpc) is 3.40. The molecule has 3 heterocycles. The van der Waals surface area contributed by atoms with Crippen LogP contribution in [0.2, 0.25) is 0 Å². The van der Waals surface area contributed by atoms with Gasteiger partial charge in [-0.2, -0.15) is 0 Å². The molecule has 29 heavy (non-hydrogen) atoms. The van der Waals surface area contributed by atoms with Crippen molar-refractivity contribution >= 4 is 17.7 Å². The van der Waals surface area contributed by atoms with Crippen molar-refractivity contribution in [1.29, 1.82) is 0 Å². The number of furan rings is 1. The number of rotatable bonds is 4. The largest absolute Gasteiger partial charge is 0.467 e. The number of hydrogen-bond acceptors (Lipinski definition) is 5. The van der Waals surface area contributed by atoms with Gasteiger partial charge < -0.3 is 24.3 Å². The third-order valence-corrected chi connectivity index (χ3v) is 5.62. The Morgan fingerprint density at radius 2 is 2.21 bits per heavy atom. The molecule has 3 atom stereocenters. The van der Waals surface area contributed by atoms with Gasteiger partial charge in [-0.15, -0.1) is 0 Å². The summed E-state index contributed by atoms with van der Waals surface area (Å²) in [5.74, 6) is 0.867. The molecule has 1 aromatic heterocycles. The number of likely N-dealkylation sites (tertiary alicyclic amines) is 1. The highest BCUT2D eigenvalue weighted by Crippen LogP contribution is 2.51. The molecule has 1 fully saturated rings. The summed E-state index contributed by atoms with van der Waals surface area (Å²) in [6.07, 6.45) is 3.65. The Morgan fingerprint density at radius 1 is 1.38 bits per heavy atom. The van der Waals surface area contributed by atoms with Gasteiger partial charge in [-0.25, -0.2) is 4.79 Å². The molecule has 2 amide bonds. The first kappa shape index (κ1) is 19.1. The van der Waals surface area contributed by atoms with Gasteiger partial charge in [0.05, 0.1) is 18.3 Å². The Hall–Kier alpha value is -3.22. The fraction of sp³-hybridized carbons (Fsp3) is 0.364. The van der Waals surface area contributed by atoms with Crippen LogP contribution in [0.4, 0.5) is 10.5 Å². The summed E-state index contributed by atoms with van der Waals surface area (Å²) in [5, 5.41) is 3.56. The minimum atomic E-state index is -0.368. The molecule has 3 unspecified atom stereocenters. The van der Waals surface area contributed by atoms with Crippen molar-refractivity contribution in [3.63, 3.8) is 0 Å². The van der Waals surface area contributed by atoms with Crippen LogP contribution in [0.1, 0.15) is 40.2 Å². The van der Waals surface area contributed by atoms with Crippen molar-refractivity contribution in [2.75, 3.05) is 32.6 Å². The number of fused-ring (bicyclic) bond motifs is 3. The third kappa shape index (κ3) is 3.37. The highest BCUT2D eigenvalue weighted by Gasteiger charge is 2.47. The maximum absolute atomic E-state index is 12.7. The summed E-state index contributed by atoms with van der Waals surface area (Å²) in [4.78, 5) is 28.5. The van der Waals surface area contributed by atoms with Crippen LogP contribution in [-0.2, 0) is 4.74 Å². The molecule has 7 heteroatoms. The summed E-state index contributed by atoms with van der Waals surface area (Å²) in [5.41, 5.74) is 2.42. The van der Waals surface area contributed by atoms with E-state index in [4.69, 9.17) is 9.15 Å². The van der Waals surface area contributed by atoms with Crippen LogP contribution in [0.5, 0.6) is 0 Å². The molecule has 0 bridgehead atoms. The fourth-order valence-electron chi connectivity index (χ4n) is 4.34. The van der Waals surface area contributed by atoms with Crippen LogP contribution in [0.15, 0.2) is 53.7 Å². The van der Waals surface area contributed by atoms with Gasteiger partial charge in [-0.3, -0.25) is 4.79 Å². The zero-order valence-corrected chi connectivity index (χ0v) is 16.6. The lowest BCUT2D eigenvalue weighted by molar-refractivity contribution is 0.0827. The number of nitrogens with one attached hydrogen (secondary N) is 1. The van der Waals surface area contributed by atoms with Gasteiger partial charge in [0.2, 0.25) is 0 Å². The fourth-order valence-corrected chi connectivity index (χ4v) is 4.34. The number of hydrogen-bond donors (Lipinski definition) is 1. The quantitative estimate of drug-likeness (QED) is 0.797. The molecular weight excluding hydrogens is 370 g/mol. The molecule has 0 saturated carbocycles. The van der Waals surface area contributed by atoms with Gasteiger partial charge >= 0.3 is 6.09 Å². The molecular formula is C22H25N3O4. The smallest absolute Gasteiger partial charge is 0.410 e. The van der Waals surface area contributed by atoms with Crippen molar-refractivity contribution in [3.8, 4) is 0 Å². The van der Waals surface area contributed by atoms with E-state index in [1.54, 1.807) is 36.2 Å². The molecule has 2 aliphatic rings. The Labute approximate surface area is 169 Å². The second-order valence-corrected chi connectivity index (χ2v) is 7.60. The molecule has 4 rings (SSSR count). The Balaban J connectivity index is 1.76. The number of benzene rings is 1. The lowest BCUT2D eigenvalue weighted by Gasteiger charge is -2.38. The van der Waals surface area contributed by atoms with Gasteiger partial charge in [-0.05, 0) is 42.3 Å². The molecule has 2 aliphatic heterocycles. The molecule has 0 aliphatic carbocycles. The van der Waals surface area contributed by atoms with Crippen molar-refractivity contribution in [1.82, 2.24) is 9.80 Å². The second-order valence-electron chi connectivity index (χ2n) is 7.60. The second kappa shape index (κ2) is 7.66. The summed E-state index contributed by atoms with van der Waals surface area (Å²) >= 11 is 0. The molecule has 7 nitrogen and oxygen atoms in total. The normalized spacial score (nSPS) is 22.3. The minimum Gasteiger partial charge on any atom is -0.467 e. The predicted octanol–water partition coefficient (Wildman–Crippen LogP) is 3.83. The van der Waals surface area contributed by atoms with Crippen molar-refractivity contribution in [2.45, 2.75) is 18.5 Å². The number of amides is 2. The maximum atomic E-state index is 12.7. The first-order valence-corrected chi connectivity index (χ1v) is 9.71. The maximum Gasteiger partial charge on any atom is 0.410 e. The van der Waals surface area contributed by atoms with E-state index in [1.807, 2.05) is 30.3 Å². The highest BCUT2D eigenvalue weighted by molar-refractivity contribution is 5.94. The third-order valence-electron chi connectivity index (χ3n) is 5.62. The number of carbonyl (C=O) groups is 2. The van der Waals surface area contributed by atoms with Crippen molar-refractivity contribution in [3.05, 3.63) is 66.1 Å². The first-order valence-electron chi connectivity index (χ1n) is 9.71. The van der Waals surface area contributed by atoms with Gasteiger partial charge in [0.1, 0.15) is 12.4 Å². The number of carbonyl (C=O) groups excluding carboxylic acids is 2. The SMILES string of the molecule is C=CCOC(=O)N1CCC2C(c3ccco3)Nc3ccc(C(=O)N(C)C)cc3C21. The summed E-state index contributed by atoms with van der Waals surface area (Å²) < 4.78 is 11.0. The topological polar surface area (TPSA) is 75.0 Å². The van der Waals surface area contributed by atoms with Gasteiger partial charge in [-0.1, -0.05) is 12.7 Å². The Bertz CT molecular complexity index is 922. The van der Waals surface area contributed by atoms with Crippen molar-refractivity contribution in [2.24, 2.45) is 5.92 Å². The monoisotopic (exact) mass is 395 g/mol. The predicted molar refractivity (Wildman–Crippen MR) is 109 cm³/mol. The van der Waals surface area contributed by atoms with E-state index in [1.165, 1.54) is 0 Å². The van der Waals surface area contributed by atoms with E-state index in [0.717, 1.165) is 23.4 Å². The van der Waals surface area contributed by atoms with E-state index < -0.39 is 0 Å². The van der Waals surface area contributed by atoms with Crippen LogP contribution in [0, 0.1) is 5.92 Å². The molecule has 0 spiro atoms. The highest BCUT2D eigenvalue weighted by atomic mass is 16.6. The van der Waals surface area contributed by atoms with E-state index in [2.05, 4.69) is 11.9 Å². The van der Waals surface area contributed by atoms with E-state index in [-0.39, 0.29) is 36.6 Å². The lowest BCUT2D eigenvalue weighted by Crippen LogP contribution is -2.38.